The van der Waals surface area contributed by atoms with Crippen molar-refractivity contribution in [2.75, 3.05) is 13.7 Å². The van der Waals surface area contributed by atoms with Crippen molar-refractivity contribution in [1.82, 2.24) is 9.78 Å². The van der Waals surface area contributed by atoms with Gasteiger partial charge in [-0.2, -0.15) is 5.10 Å². The molecule has 4 nitrogen and oxygen atoms in total. The van der Waals surface area contributed by atoms with E-state index in [1.165, 1.54) is 0 Å². The molecule has 0 fully saturated rings. The average Bonchev–Trinajstić information content (AvgIpc) is 2.47. The van der Waals surface area contributed by atoms with Gasteiger partial charge >= 0.3 is 0 Å². The Hall–Kier alpha value is -0.870. The fraction of sp³-hybridized carbons (Fsp3) is 0.625. The molecule has 1 rings (SSSR count). The molecule has 1 aromatic heterocycles. The molecule has 0 bridgehead atoms. The molecule has 1 N–H and O–H groups in total. The largest absolute Gasteiger partial charge is 0.387 e. The zero-order valence-corrected chi connectivity index (χ0v) is 7.40. The fourth-order valence-electron chi connectivity index (χ4n) is 0.988. The Morgan fingerprint density at radius 1 is 1.75 bits per heavy atom. The van der Waals surface area contributed by atoms with E-state index in [1.54, 1.807) is 17.9 Å². The highest BCUT2D eigenvalue weighted by molar-refractivity contribution is 5.02. The van der Waals surface area contributed by atoms with Crippen molar-refractivity contribution in [3.05, 3.63) is 18.0 Å². The molecule has 0 amide bonds. The number of nitrogens with zero attached hydrogens (tertiary/aromatic N) is 2. The first-order valence-corrected chi connectivity index (χ1v) is 3.90. The van der Waals surface area contributed by atoms with Crippen molar-refractivity contribution in [2.24, 2.45) is 7.05 Å². The maximum atomic E-state index is 9.51. The van der Waals surface area contributed by atoms with Crippen LogP contribution in [0.5, 0.6) is 0 Å². The zero-order chi connectivity index (χ0) is 8.97. The monoisotopic (exact) mass is 170 g/mol. The van der Waals surface area contributed by atoms with Crippen molar-refractivity contribution >= 4 is 0 Å². The van der Waals surface area contributed by atoms with Crippen LogP contribution in [0.1, 0.15) is 18.2 Å². The molecule has 1 aromatic rings. The normalized spacial score (nSPS) is 13.2. The molecule has 4 heteroatoms. The number of aliphatic hydroxyl groups is 1. The van der Waals surface area contributed by atoms with Crippen LogP contribution in [0.4, 0.5) is 0 Å². The standard InChI is InChI=1S/C8H14N2O2/c1-10-5-3-7(9-10)8(11)4-6-12-2/h3,5,8,11H,4,6H2,1-2H3. The minimum absolute atomic E-state index is 0.508. The number of aryl methyl sites for hydroxylation is 1. The molecule has 1 unspecified atom stereocenters. The van der Waals surface area contributed by atoms with Gasteiger partial charge in [0.15, 0.2) is 0 Å². The second-order valence-corrected chi connectivity index (χ2v) is 2.71. The minimum atomic E-state index is -0.508. The third-order valence-corrected chi connectivity index (χ3v) is 1.67. The SMILES string of the molecule is COCCC(O)c1ccn(C)n1. The molecule has 0 radical (unpaired) electrons. The van der Waals surface area contributed by atoms with Crippen molar-refractivity contribution in [3.63, 3.8) is 0 Å². The van der Waals surface area contributed by atoms with Gasteiger partial charge < -0.3 is 9.84 Å². The molecule has 0 aliphatic carbocycles. The van der Waals surface area contributed by atoms with Gasteiger partial charge in [0, 0.05) is 33.4 Å². The highest BCUT2D eigenvalue weighted by Gasteiger charge is 2.09. The molecule has 0 saturated heterocycles. The molecule has 68 valence electrons. The molecule has 0 aliphatic heterocycles. The van der Waals surface area contributed by atoms with Crippen LogP contribution in [-0.2, 0) is 11.8 Å². The van der Waals surface area contributed by atoms with Crippen molar-refractivity contribution in [2.45, 2.75) is 12.5 Å². The molecule has 0 spiro atoms. The van der Waals surface area contributed by atoms with Crippen LogP contribution in [0.2, 0.25) is 0 Å². The van der Waals surface area contributed by atoms with Crippen molar-refractivity contribution in [3.8, 4) is 0 Å². The van der Waals surface area contributed by atoms with Gasteiger partial charge in [-0.1, -0.05) is 0 Å². The first kappa shape index (κ1) is 9.22. The number of aliphatic hydroxyl groups excluding tert-OH is 1. The summed E-state index contributed by atoms with van der Waals surface area (Å²) in [6.07, 6.45) is 1.89. The van der Waals surface area contributed by atoms with E-state index in [0.717, 1.165) is 0 Å². The molecule has 0 aliphatic rings. The molecule has 12 heavy (non-hydrogen) atoms. The van der Waals surface area contributed by atoms with Crippen molar-refractivity contribution < 1.29 is 9.84 Å². The van der Waals surface area contributed by atoms with Gasteiger partial charge in [-0.25, -0.2) is 0 Å². The van der Waals surface area contributed by atoms with Crippen LogP contribution in [-0.4, -0.2) is 28.6 Å². The second-order valence-electron chi connectivity index (χ2n) is 2.71. The lowest BCUT2D eigenvalue weighted by Gasteiger charge is -2.05. The summed E-state index contributed by atoms with van der Waals surface area (Å²) in [5.74, 6) is 0. The number of hydrogen-bond acceptors (Lipinski definition) is 3. The van der Waals surface area contributed by atoms with Crippen LogP contribution in [0.25, 0.3) is 0 Å². The molecule has 0 aromatic carbocycles. The minimum Gasteiger partial charge on any atom is -0.387 e. The highest BCUT2D eigenvalue weighted by atomic mass is 16.5. The Kier molecular flexibility index (Phi) is 3.25. The summed E-state index contributed by atoms with van der Waals surface area (Å²) < 4.78 is 6.52. The van der Waals surface area contributed by atoms with E-state index >= 15 is 0 Å². The molecular weight excluding hydrogens is 156 g/mol. The lowest BCUT2D eigenvalue weighted by Crippen LogP contribution is -2.03. The smallest absolute Gasteiger partial charge is 0.1000 e. The average molecular weight is 170 g/mol. The van der Waals surface area contributed by atoms with Crippen LogP contribution < -0.4 is 0 Å². The maximum absolute atomic E-state index is 9.51. The van der Waals surface area contributed by atoms with Gasteiger partial charge in [-0.05, 0) is 6.07 Å². The Bertz CT molecular complexity index is 235. The predicted octanol–water partition coefficient (Wildman–Crippen LogP) is 0.490. The summed E-state index contributed by atoms with van der Waals surface area (Å²) in [6, 6.07) is 1.81. The third-order valence-electron chi connectivity index (χ3n) is 1.67. The van der Waals surface area contributed by atoms with E-state index in [1.807, 2.05) is 13.2 Å². The Balaban J connectivity index is 2.47. The quantitative estimate of drug-likeness (QED) is 0.715. The summed E-state index contributed by atoms with van der Waals surface area (Å²) in [5.41, 5.74) is 0.703. The summed E-state index contributed by atoms with van der Waals surface area (Å²) in [7, 11) is 3.44. The van der Waals surface area contributed by atoms with E-state index in [0.29, 0.717) is 18.7 Å². The van der Waals surface area contributed by atoms with E-state index in [9.17, 15) is 5.11 Å². The van der Waals surface area contributed by atoms with Crippen LogP contribution in [0.3, 0.4) is 0 Å². The van der Waals surface area contributed by atoms with Gasteiger partial charge in [-0.3, -0.25) is 4.68 Å². The number of aromatic nitrogens is 2. The molecular formula is C8H14N2O2. The Labute approximate surface area is 71.8 Å². The Morgan fingerprint density at radius 3 is 3.00 bits per heavy atom. The van der Waals surface area contributed by atoms with E-state index in [2.05, 4.69) is 5.10 Å². The van der Waals surface area contributed by atoms with Gasteiger partial charge in [0.1, 0.15) is 0 Å². The van der Waals surface area contributed by atoms with E-state index < -0.39 is 6.10 Å². The first-order chi connectivity index (χ1) is 5.74. The van der Waals surface area contributed by atoms with Gasteiger partial charge in [0.25, 0.3) is 0 Å². The predicted molar refractivity (Wildman–Crippen MR) is 44.7 cm³/mol. The third kappa shape index (κ3) is 2.32. The summed E-state index contributed by atoms with van der Waals surface area (Å²) in [4.78, 5) is 0. The summed E-state index contributed by atoms with van der Waals surface area (Å²) in [6.45, 7) is 0.553. The number of methoxy groups -OCH3 is 1. The number of hydrogen-bond donors (Lipinski definition) is 1. The first-order valence-electron chi connectivity index (χ1n) is 3.90. The fourth-order valence-corrected chi connectivity index (χ4v) is 0.988. The van der Waals surface area contributed by atoms with Crippen LogP contribution in [0, 0.1) is 0 Å². The molecule has 0 saturated carbocycles. The van der Waals surface area contributed by atoms with Gasteiger partial charge in [-0.15, -0.1) is 0 Å². The Morgan fingerprint density at radius 2 is 2.50 bits per heavy atom. The van der Waals surface area contributed by atoms with Crippen LogP contribution in [0.15, 0.2) is 12.3 Å². The molecule has 1 atom stereocenters. The van der Waals surface area contributed by atoms with Crippen molar-refractivity contribution in [1.29, 1.82) is 0 Å². The number of ether oxygens (including phenoxy) is 1. The maximum Gasteiger partial charge on any atom is 0.1000 e. The topological polar surface area (TPSA) is 47.3 Å². The van der Waals surface area contributed by atoms with Gasteiger partial charge in [0.2, 0.25) is 0 Å². The lowest BCUT2D eigenvalue weighted by molar-refractivity contribution is 0.107. The molecule has 1 heterocycles. The van der Waals surface area contributed by atoms with E-state index in [-0.39, 0.29) is 0 Å². The lowest BCUT2D eigenvalue weighted by atomic mass is 10.2. The highest BCUT2D eigenvalue weighted by Crippen LogP contribution is 2.12. The summed E-state index contributed by atoms with van der Waals surface area (Å²) >= 11 is 0. The second kappa shape index (κ2) is 4.23. The van der Waals surface area contributed by atoms with Crippen LogP contribution >= 0.6 is 0 Å². The van der Waals surface area contributed by atoms with Gasteiger partial charge in [0.05, 0.1) is 11.8 Å². The number of rotatable bonds is 4. The zero-order valence-electron chi connectivity index (χ0n) is 7.40. The van der Waals surface area contributed by atoms with E-state index in [4.69, 9.17) is 4.74 Å². The summed E-state index contributed by atoms with van der Waals surface area (Å²) in [5, 5.41) is 13.6.